The average Bonchev–Trinajstić information content (AvgIpc) is 3.17. The van der Waals surface area contributed by atoms with Gasteiger partial charge in [0.25, 0.3) is 5.91 Å². The zero-order valence-electron chi connectivity index (χ0n) is 15.0. The number of halogens is 1. The minimum atomic E-state index is -0.459. The lowest BCUT2D eigenvalue weighted by molar-refractivity contribution is -0.123. The van der Waals surface area contributed by atoms with Crippen molar-refractivity contribution < 1.29 is 13.9 Å². The summed E-state index contributed by atoms with van der Waals surface area (Å²) in [6, 6.07) is 10.5. The van der Waals surface area contributed by atoms with Crippen LogP contribution in [-0.4, -0.2) is 37.0 Å². The van der Waals surface area contributed by atoms with Crippen LogP contribution < -0.4 is 10.1 Å². The molecule has 1 saturated heterocycles. The van der Waals surface area contributed by atoms with Crippen LogP contribution in [0.25, 0.3) is 0 Å². The van der Waals surface area contributed by atoms with Gasteiger partial charge in [0.2, 0.25) is 0 Å². The lowest BCUT2D eigenvalue weighted by Crippen LogP contribution is -2.42. The normalized spacial score (nSPS) is 17.0. The Morgan fingerprint density at radius 3 is 2.77 bits per heavy atom. The van der Waals surface area contributed by atoms with E-state index in [1.807, 2.05) is 6.07 Å². The lowest BCUT2D eigenvalue weighted by Gasteiger charge is -2.36. The van der Waals surface area contributed by atoms with Gasteiger partial charge in [0.15, 0.2) is 18.2 Å². The number of nitrogens with zero attached hydrogens (tertiary/aromatic N) is 1. The van der Waals surface area contributed by atoms with Gasteiger partial charge in [-0.15, -0.1) is 11.3 Å². The van der Waals surface area contributed by atoms with Crippen molar-refractivity contribution in [2.45, 2.75) is 25.8 Å². The van der Waals surface area contributed by atoms with E-state index >= 15 is 0 Å². The van der Waals surface area contributed by atoms with E-state index in [1.54, 1.807) is 23.5 Å². The topological polar surface area (TPSA) is 41.6 Å². The zero-order chi connectivity index (χ0) is 18.4. The quantitative estimate of drug-likeness (QED) is 0.798. The van der Waals surface area contributed by atoms with Gasteiger partial charge >= 0.3 is 0 Å². The maximum atomic E-state index is 13.6. The van der Waals surface area contributed by atoms with Gasteiger partial charge in [0.1, 0.15) is 0 Å². The molecule has 1 aliphatic heterocycles. The van der Waals surface area contributed by atoms with E-state index in [1.165, 1.54) is 29.9 Å². The fourth-order valence-corrected chi connectivity index (χ4v) is 4.06. The number of nitrogens with one attached hydrogen (secondary N) is 1. The van der Waals surface area contributed by atoms with Crippen LogP contribution in [0.5, 0.6) is 5.75 Å². The summed E-state index contributed by atoms with van der Waals surface area (Å²) in [6.07, 6.45) is 2.37. The number of carbonyl (C=O) groups excluding carboxylic acids is 1. The van der Waals surface area contributed by atoms with E-state index in [4.69, 9.17) is 4.74 Å². The molecule has 6 heteroatoms. The number of amides is 1. The molecule has 0 saturated carbocycles. The number of carbonyl (C=O) groups is 1. The highest BCUT2D eigenvalue weighted by atomic mass is 32.1. The summed E-state index contributed by atoms with van der Waals surface area (Å²) in [6.45, 7) is 4.74. The molecule has 1 aliphatic rings. The molecule has 3 rings (SSSR count). The lowest BCUT2D eigenvalue weighted by atomic mass is 9.97. The van der Waals surface area contributed by atoms with E-state index in [2.05, 4.69) is 28.6 Å². The molecule has 1 aromatic heterocycles. The van der Waals surface area contributed by atoms with Crippen LogP contribution in [0.2, 0.25) is 0 Å². The summed E-state index contributed by atoms with van der Waals surface area (Å²) in [5.41, 5.74) is 0. The smallest absolute Gasteiger partial charge is 0.258 e. The number of hydrogen-bond acceptors (Lipinski definition) is 4. The van der Waals surface area contributed by atoms with Crippen LogP contribution in [-0.2, 0) is 4.79 Å². The maximum Gasteiger partial charge on any atom is 0.258 e. The fourth-order valence-electron chi connectivity index (χ4n) is 3.20. The van der Waals surface area contributed by atoms with Crippen molar-refractivity contribution in [2.75, 3.05) is 26.2 Å². The Labute approximate surface area is 158 Å². The molecule has 1 atom stereocenters. The summed E-state index contributed by atoms with van der Waals surface area (Å²) in [5, 5.41) is 5.02. The van der Waals surface area contributed by atoms with Crippen LogP contribution >= 0.6 is 11.3 Å². The van der Waals surface area contributed by atoms with E-state index in [0.29, 0.717) is 6.54 Å². The van der Waals surface area contributed by atoms with Crippen LogP contribution in [0.4, 0.5) is 4.39 Å². The van der Waals surface area contributed by atoms with E-state index in [-0.39, 0.29) is 24.3 Å². The zero-order valence-corrected chi connectivity index (χ0v) is 15.8. The molecule has 0 spiro atoms. The predicted octanol–water partition coefficient (Wildman–Crippen LogP) is 3.86. The second-order valence-corrected chi connectivity index (χ2v) is 7.75. The predicted molar refractivity (Wildman–Crippen MR) is 102 cm³/mol. The third-order valence-corrected chi connectivity index (χ3v) is 5.79. The highest BCUT2D eigenvalue weighted by molar-refractivity contribution is 7.10. The van der Waals surface area contributed by atoms with Crippen molar-refractivity contribution in [2.24, 2.45) is 5.92 Å². The van der Waals surface area contributed by atoms with Gasteiger partial charge in [-0.1, -0.05) is 25.1 Å². The third-order valence-electron chi connectivity index (χ3n) is 4.82. The second kappa shape index (κ2) is 9.14. The monoisotopic (exact) mass is 376 g/mol. The van der Waals surface area contributed by atoms with Crippen LogP contribution in [0.15, 0.2) is 41.8 Å². The molecule has 140 valence electrons. The molecule has 0 bridgehead atoms. The summed E-state index contributed by atoms with van der Waals surface area (Å²) < 4.78 is 18.8. The minimum absolute atomic E-state index is 0.0995. The Kier molecular flexibility index (Phi) is 6.63. The molecule has 0 aliphatic carbocycles. The molecular formula is C20H25FN2O2S. The van der Waals surface area contributed by atoms with Crippen molar-refractivity contribution in [3.05, 3.63) is 52.5 Å². The Hall–Kier alpha value is -1.92. The van der Waals surface area contributed by atoms with Crippen LogP contribution in [0.1, 0.15) is 30.7 Å². The van der Waals surface area contributed by atoms with Gasteiger partial charge in [-0.3, -0.25) is 9.69 Å². The van der Waals surface area contributed by atoms with E-state index in [9.17, 15) is 9.18 Å². The molecule has 1 unspecified atom stereocenters. The van der Waals surface area contributed by atoms with Gasteiger partial charge in [0, 0.05) is 11.4 Å². The van der Waals surface area contributed by atoms with Crippen molar-refractivity contribution in [3.8, 4) is 5.75 Å². The van der Waals surface area contributed by atoms with E-state index in [0.717, 1.165) is 19.0 Å². The molecule has 1 aromatic carbocycles. The molecule has 26 heavy (non-hydrogen) atoms. The van der Waals surface area contributed by atoms with Gasteiger partial charge in [0.05, 0.1) is 6.04 Å². The summed E-state index contributed by atoms with van der Waals surface area (Å²) in [4.78, 5) is 15.9. The number of ether oxygens (including phenoxy) is 1. The number of likely N-dealkylation sites (tertiary alicyclic amines) is 1. The third kappa shape index (κ3) is 5.05. The molecular weight excluding hydrogens is 351 g/mol. The molecule has 2 aromatic rings. The fraction of sp³-hybridized carbons (Fsp3) is 0.450. The summed E-state index contributed by atoms with van der Waals surface area (Å²) >= 11 is 1.72. The van der Waals surface area contributed by atoms with Gasteiger partial charge in [-0.05, 0) is 55.4 Å². The van der Waals surface area contributed by atoms with Gasteiger partial charge < -0.3 is 10.1 Å². The van der Waals surface area contributed by atoms with Crippen LogP contribution in [0, 0.1) is 11.7 Å². The standard InChI is InChI=1S/C20H25FN2O2S/c1-15-8-10-23(11-9-15)17(19-7-4-12-26-19)13-22-20(24)14-25-18-6-3-2-5-16(18)21/h2-7,12,15,17H,8-11,13-14H2,1H3,(H,22,24). The summed E-state index contributed by atoms with van der Waals surface area (Å²) in [5.74, 6) is 0.167. The number of hydrogen-bond donors (Lipinski definition) is 1. The first-order chi connectivity index (χ1) is 12.6. The first kappa shape index (κ1) is 18.9. The Balaban J connectivity index is 1.54. The van der Waals surface area contributed by atoms with E-state index < -0.39 is 5.82 Å². The summed E-state index contributed by atoms with van der Waals surface area (Å²) in [7, 11) is 0. The number of thiophene rings is 1. The second-order valence-electron chi connectivity index (χ2n) is 6.77. The van der Waals surface area contributed by atoms with Crippen LogP contribution in [0.3, 0.4) is 0 Å². The van der Waals surface area contributed by atoms with Crippen molar-refractivity contribution in [1.29, 1.82) is 0 Å². The first-order valence-electron chi connectivity index (χ1n) is 9.05. The molecule has 1 fully saturated rings. The number of benzene rings is 1. The van der Waals surface area contributed by atoms with Crippen molar-refractivity contribution in [1.82, 2.24) is 10.2 Å². The van der Waals surface area contributed by atoms with Crippen molar-refractivity contribution in [3.63, 3.8) is 0 Å². The Bertz CT molecular complexity index is 700. The highest BCUT2D eigenvalue weighted by Gasteiger charge is 2.25. The molecule has 0 radical (unpaired) electrons. The Morgan fingerprint density at radius 2 is 2.08 bits per heavy atom. The minimum Gasteiger partial charge on any atom is -0.481 e. The van der Waals surface area contributed by atoms with Crippen molar-refractivity contribution >= 4 is 17.2 Å². The SMILES string of the molecule is CC1CCN(C(CNC(=O)COc2ccccc2F)c2cccs2)CC1. The number of piperidine rings is 1. The highest BCUT2D eigenvalue weighted by Crippen LogP contribution is 2.29. The molecule has 2 heterocycles. The average molecular weight is 376 g/mol. The molecule has 1 amide bonds. The molecule has 4 nitrogen and oxygen atoms in total. The largest absolute Gasteiger partial charge is 0.481 e. The first-order valence-corrected chi connectivity index (χ1v) is 9.93. The van der Waals surface area contributed by atoms with Gasteiger partial charge in [-0.2, -0.15) is 0 Å². The number of para-hydroxylation sites is 1. The number of rotatable bonds is 7. The maximum absolute atomic E-state index is 13.6. The van der Waals surface area contributed by atoms with Gasteiger partial charge in [-0.25, -0.2) is 4.39 Å². The molecule has 1 N–H and O–H groups in total. The Morgan fingerprint density at radius 1 is 1.31 bits per heavy atom.